The van der Waals surface area contributed by atoms with E-state index in [2.05, 4.69) is 9.97 Å². The van der Waals surface area contributed by atoms with Gasteiger partial charge in [0.2, 0.25) is 5.28 Å². The Morgan fingerprint density at radius 2 is 2.38 bits per heavy atom. The second-order valence-corrected chi connectivity index (χ2v) is 4.43. The van der Waals surface area contributed by atoms with Gasteiger partial charge < -0.3 is 10.0 Å². The summed E-state index contributed by atoms with van der Waals surface area (Å²) in [7, 11) is 0. The van der Waals surface area contributed by atoms with Gasteiger partial charge in [0.15, 0.2) is 11.6 Å². The summed E-state index contributed by atoms with van der Waals surface area (Å²) in [6.45, 7) is 3.08. The van der Waals surface area contributed by atoms with Gasteiger partial charge >= 0.3 is 0 Å². The first-order chi connectivity index (χ1) is 7.58. The molecule has 0 aromatic carbocycles. The van der Waals surface area contributed by atoms with Gasteiger partial charge in [-0.3, -0.25) is 0 Å². The molecule has 4 nitrogen and oxygen atoms in total. The van der Waals surface area contributed by atoms with Crippen molar-refractivity contribution in [2.24, 2.45) is 5.92 Å². The minimum Gasteiger partial charge on any atom is -0.393 e. The highest BCUT2D eigenvalue weighted by Crippen LogP contribution is 2.24. The van der Waals surface area contributed by atoms with Crippen molar-refractivity contribution in [1.29, 1.82) is 0 Å². The van der Waals surface area contributed by atoms with E-state index in [4.69, 9.17) is 11.6 Å². The van der Waals surface area contributed by atoms with Crippen LogP contribution in [0.4, 0.5) is 10.2 Å². The van der Waals surface area contributed by atoms with E-state index in [-0.39, 0.29) is 23.1 Å². The molecule has 1 aromatic rings. The minimum atomic E-state index is -0.479. The Balaban J connectivity index is 2.21. The van der Waals surface area contributed by atoms with Crippen molar-refractivity contribution in [1.82, 2.24) is 9.97 Å². The van der Waals surface area contributed by atoms with E-state index in [0.717, 1.165) is 6.20 Å². The first kappa shape index (κ1) is 11.5. The number of aliphatic hydroxyl groups excluding tert-OH is 1. The van der Waals surface area contributed by atoms with Crippen LogP contribution in [0.15, 0.2) is 6.20 Å². The third kappa shape index (κ3) is 2.25. The number of nitrogens with zero attached hydrogens (tertiary/aromatic N) is 3. The van der Waals surface area contributed by atoms with Gasteiger partial charge in [0, 0.05) is 13.1 Å². The number of halogens is 2. The molecule has 1 fully saturated rings. The zero-order valence-corrected chi connectivity index (χ0v) is 9.65. The fraction of sp³-hybridized carbons (Fsp3) is 0.600. The molecule has 0 aliphatic carbocycles. The number of anilines is 1. The normalized spacial score (nSPS) is 25.9. The summed E-state index contributed by atoms with van der Waals surface area (Å²) in [5.41, 5.74) is 0. The smallest absolute Gasteiger partial charge is 0.224 e. The van der Waals surface area contributed by atoms with Gasteiger partial charge in [0.25, 0.3) is 0 Å². The van der Waals surface area contributed by atoms with Crippen LogP contribution in [0.2, 0.25) is 5.28 Å². The van der Waals surface area contributed by atoms with E-state index < -0.39 is 5.82 Å². The lowest BCUT2D eigenvalue weighted by molar-refractivity contribution is 0.0966. The van der Waals surface area contributed by atoms with Crippen molar-refractivity contribution in [2.45, 2.75) is 19.4 Å². The summed E-state index contributed by atoms with van der Waals surface area (Å²) >= 11 is 5.64. The summed E-state index contributed by atoms with van der Waals surface area (Å²) in [5.74, 6) is -0.159. The predicted molar refractivity (Wildman–Crippen MR) is 59.0 cm³/mol. The molecule has 88 valence electrons. The number of rotatable bonds is 1. The highest BCUT2D eigenvalue weighted by Gasteiger charge is 2.26. The first-order valence-electron chi connectivity index (χ1n) is 5.19. The summed E-state index contributed by atoms with van der Waals surface area (Å²) in [6, 6.07) is 0. The molecule has 2 heterocycles. The Hall–Kier alpha value is -0.940. The van der Waals surface area contributed by atoms with Crippen molar-refractivity contribution in [3.63, 3.8) is 0 Å². The molecular weight excluding hydrogens is 233 g/mol. The average molecular weight is 246 g/mol. The Morgan fingerprint density at radius 3 is 3.06 bits per heavy atom. The van der Waals surface area contributed by atoms with Crippen LogP contribution in [-0.2, 0) is 0 Å². The lowest BCUT2D eigenvalue weighted by Gasteiger charge is -2.35. The SMILES string of the molecule is CC1CN(c2nc(Cl)ncc2F)CCC1O. The second-order valence-electron chi connectivity index (χ2n) is 4.09. The molecular formula is C10H13ClFN3O. The Morgan fingerprint density at radius 1 is 1.62 bits per heavy atom. The highest BCUT2D eigenvalue weighted by atomic mass is 35.5. The maximum Gasteiger partial charge on any atom is 0.224 e. The molecule has 1 aliphatic heterocycles. The van der Waals surface area contributed by atoms with Crippen molar-refractivity contribution in [3.05, 3.63) is 17.3 Å². The van der Waals surface area contributed by atoms with Crippen LogP contribution in [0, 0.1) is 11.7 Å². The van der Waals surface area contributed by atoms with Gasteiger partial charge in [-0.1, -0.05) is 6.92 Å². The average Bonchev–Trinajstić information content (AvgIpc) is 2.26. The van der Waals surface area contributed by atoms with E-state index in [1.54, 1.807) is 4.90 Å². The van der Waals surface area contributed by atoms with E-state index in [1.807, 2.05) is 6.92 Å². The second kappa shape index (κ2) is 4.51. The maximum absolute atomic E-state index is 13.5. The molecule has 2 atom stereocenters. The fourth-order valence-electron chi connectivity index (χ4n) is 1.88. The van der Waals surface area contributed by atoms with Crippen LogP contribution in [0.25, 0.3) is 0 Å². The number of hydrogen-bond acceptors (Lipinski definition) is 4. The molecule has 16 heavy (non-hydrogen) atoms. The Bertz CT molecular complexity index is 390. The summed E-state index contributed by atoms with van der Waals surface area (Å²) in [4.78, 5) is 9.24. The van der Waals surface area contributed by atoms with Gasteiger partial charge in [0.1, 0.15) is 0 Å². The predicted octanol–water partition coefficient (Wildman–Crippen LogP) is 1.48. The van der Waals surface area contributed by atoms with Crippen molar-refractivity contribution in [2.75, 3.05) is 18.0 Å². The monoisotopic (exact) mass is 245 g/mol. The highest BCUT2D eigenvalue weighted by molar-refractivity contribution is 6.28. The van der Waals surface area contributed by atoms with Crippen LogP contribution < -0.4 is 4.90 Å². The maximum atomic E-state index is 13.5. The summed E-state index contributed by atoms with van der Waals surface area (Å²) in [6.07, 6.45) is 1.36. The Kier molecular flexibility index (Phi) is 3.25. The molecule has 1 saturated heterocycles. The van der Waals surface area contributed by atoms with Gasteiger partial charge in [0.05, 0.1) is 12.3 Å². The lowest BCUT2D eigenvalue weighted by Crippen LogP contribution is -2.42. The molecule has 2 rings (SSSR count). The summed E-state index contributed by atoms with van der Waals surface area (Å²) < 4.78 is 13.5. The first-order valence-corrected chi connectivity index (χ1v) is 5.57. The number of aromatic nitrogens is 2. The Labute approximate surface area is 98.1 Å². The molecule has 1 aliphatic rings. The van der Waals surface area contributed by atoms with E-state index in [0.29, 0.717) is 19.5 Å². The third-order valence-corrected chi connectivity index (χ3v) is 3.04. The van der Waals surface area contributed by atoms with Crippen molar-refractivity contribution in [3.8, 4) is 0 Å². The molecule has 1 N–H and O–H groups in total. The zero-order chi connectivity index (χ0) is 11.7. The molecule has 0 saturated carbocycles. The standard InChI is InChI=1S/C10H13ClFN3O/c1-6-5-15(3-2-8(6)16)9-7(12)4-13-10(11)14-9/h4,6,8,16H,2-3,5H2,1H3. The molecule has 0 amide bonds. The molecule has 2 unspecified atom stereocenters. The molecule has 0 radical (unpaired) electrons. The van der Waals surface area contributed by atoms with Crippen LogP contribution in [-0.4, -0.2) is 34.3 Å². The van der Waals surface area contributed by atoms with Crippen molar-refractivity contribution < 1.29 is 9.50 Å². The molecule has 6 heteroatoms. The quantitative estimate of drug-likeness (QED) is 0.762. The van der Waals surface area contributed by atoms with Gasteiger partial charge in [-0.05, 0) is 23.9 Å². The van der Waals surface area contributed by atoms with Crippen LogP contribution in [0.1, 0.15) is 13.3 Å². The van der Waals surface area contributed by atoms with E-state index in [9.17, 15) is 9.50 Å². The topological polar surface area (TPSA) is 49.2 Å². The van der Waals surface area contributed by atoms with Crippen LogP contribution in [0.5, 0.6) is 0 Å². The number of piperidine rings is 1. The van der Waals surface area contributed by atoms with Crippen LogP contribution >= 0.6 is 11.6 Å². The van der Waals surface area contributed by atoms with Crippen LogP contribution in [0.3, 0.4) is 0 Å². The van der Waals surface area contributed by atoms with Gasteiger partial charge in [-0.2, -0.15) is 4.98 Å². The lowest BCUT2D eigenvalue weighted by atomic mass is 9.97. The van der Waals surface area contributed by atoms with Gasteiger partial charge in [-0.15, -0.1) is 0 Å². The number of aliphatic hydroxyl groups is 1. The van der Waals surface area contributed by atoms with E-state index in [1.165, 1.54) is 0 Å². The van der Waals surface area contributed by atoms with Gasteiger partial charge in [-0.25, -0.2) is 9.37 Å². The largest absolute Gasteiger partial charge is 0.393 e. The zero-order valence-electron chi connectivity index (χ0n) is 8.90. The number of hydrogen-bond donors (Lipinski definition) is 1. The molecule has 1 aromatic heterocycles. The third-order valence-electron chi connectivity index (χ3n) is 2.86. The summed E-state index contributed by atoms with van der Waals surface area (Å²) in [5, 5.41) is 9.62. The molecule has 0 spiro atoms. The minimum absolute atomic E-state index is 0.0372. The fourth-order valence-corrected chi connectivity index (χ4v) is 2.01. The molecule has 0 bridgehead atoms. The van der Waals surface area contributed by atoms with Crippen molar-refractivity contribution >= 4 is 17.4 Å². The van der Waals surface area contributed by atoms with E-state index >= 15 is 0 Å².